The maximum atomic E-state index is 12.5. The molecule has 0 fully saturated rings. The van der Waals surface area contributed by atoms with Crippen LogP contribution < -0.4 is 5.32 Å². The van der Waals surface area contributed by atoms with Crippen molar-refractivity contribution in [3.63, 3.8) is 0 Å². The SMILES string of the molecule is Cc1nn(-c2nc3ccccc3s2)c2c1C(c1ccccc1[N+](=O)[O-])CC(=O)N2. The number of amides is 1. The molecule has 0 bridgehead atoms. The highest BCUT2D eigenvalue weighted by atomic mass is 32.1. The third-order valence-corrected chi connectivity index (χ3v) is 6.09. The number of thiazole rings is 1. The van der Waals surface area contributed by atoms with Crippen LogP contribution in [0.25, 0.3) is 15.3 Å². The van der Waals surface area contributed by atoms with Crippen LogP contribution in [0.2, 0.25) is 0 Å². The first kappa shape index (κ1) is 17.5. The largest absolute Gasteiger partial charge is 0.310 e. The lowest BCUT2D eigenvalue weighted by molar-refractivity contribution is -0.385. The number of carbonyl (C=O) groups is 1. The molecule has 8 nitrogen and oxygen atoms in total. The summed E-state index contributed by atoms with van der Waals surface area (Å²) in [5.41, 5.74) is 2.87. The second-order valence-electron chi connectivity index (χ2n) is 6.84. The smallest absolute Gasteiger partial charge is 0.273 e. The van der Waals surface area contributed by atoms with Gasteiger partial charge in [-0.25, -0.2) is 4.98 Å². The van der Waals surface area contributed by atoms with Crippen LogP contribution in [0.5, 0.6) is 0 Å². The van der Waals surface area contributed by atoms with Gasteiger partial charge in [-0.1, -0.05) is 41.7 Å². The molecule has 1 unspecified atom stereocenters. The third-order valence-electron chi connectivity index (χ3n) is 5.08. The molecule has 1 N–H and O–H groups in total. The van der Waals surface area contributed by atoms with Crippen molar-refractivity contribution >= 4 is 39.0 Å². The number of aromatic nitrogens is 3. The maximum absolute atomic E-state index is 12.5. The number of nitro benzene ring substituents is 1. The van der Waals surface area contributed by atoms with E-state index in [1.54, 1.807) is 22.9 Å². The van der Waals surface area contributed by atoms with E-state index in [0.29, 0.717) is 22.2 Å². The number of anilines is 1. The number of nitrogens with one attached hydrogen (secondary N) is 1. The van der Waals surface area contributed by atoms with Gasteiger partial charge in [0, 0.05) is 29.5 Å². The topological polar surface area (TPSA) is 103 Å². The summed E-state index contributed by atoms with van der Waals surface area (Å²) in [4.78, 5) is 28.3. The molecular formula is C20H15N5O3S. The second kappa shape index (κ2) is 6.49. The summed E-state index contributed by atoms with van der Waals surface area (Å²) in [5.74, 6) is -0.118. The molecule has 1 aliphatic heterocycles. The van der Waals surface area contributed by atoms with Crippen molar-refractivity contribution in [2.45, 2.75) is 19.3 Å². The number of para-hydroxylation sites is 2. The van der Waals surface area contributed by atoms with Crippen molar-refractivity contribution in [1.29, 1.82) is 0 Å². The zero-order valence-electron chi connectivity index (χ0n) is 15.3. The number of aryl methyl sites for hydroxylation is 1. The van der Waals surface area contributed by atoms with E-state index in [1.807, 2.05) is 31.2 Å². The minimum Gasteiger partial charge on any atom is -0.310 e. The highest BCUT2D eigenvalue weighted by molar-refractivity contribution is 7.20. The zero-order chi connectivity index (χ0) is 20.1. The minimum atomic E-state index is -0.441. The molecule has 3 heterocycles. The van der Waals surface area contributed by atoms with Gasteiger partial charge in [-0.3, -0.25) is 14.9 Å². The number of rotatable bonds is 3. The first-order valence-electron chi connectivity index (χ1n) is 9.01. The maximum Gasteiger partial charge on any atom is 0.273 e. The summed E-state index contributed by atoms with van der Waals surface area (Å²) in [6.45, 7) is 1.85. The van der Waals surface area contributed by atoms with Gasteiger partial charge < -0.3 is 5.32 Å². The molecule has 0 aliphatic carbocycles. The summed E-state index contributed by atoms with van der Waals surface area (Å²) in [6, 6.07) is 14.3. The Balaban J connectivity index is 1.70. The lowest BCUT2D eigenvalue weighted by atomic mass is 9.85. The fourth-order valence-electron chi connectivity index (χ4n) is 3.85. The van der Waals surface area contributed by atoms with Gasteiger partial charge in [0.1, 0.15) is 5.82 Å². The molecule has 0 spiro atoms. The summed E-state index contributed by atoms with van der Waals surface area (Å²) >= 11 is 1.47. The molecule has 0 saturated heterocycles. The number of nitro groups is 1. The highest BCUT2D eigenvalue weighted by Crippen LogP contribution is 2.43. The standard InChI is InChI=1S/C20H15N5O3S/c1-11-18-13(12-6-2-4-8-15(12)25(27)28)10-17(26)22-19(18)24(23-11)20-21-14-7-3-5-9-16(14)29-20/h2-9,13H,10H2,1H3,(H,22,26). The van der Waals surface area contributed by atoms with Crippen molar-refractivity contribution < 1.29 is 9.72 Å². The molecule has 9 heteroatoms. The molecule has 29 heavy (non-hydrogen) atoms. The van der Waals surface area contributed by atoms with E-state index in [-0.39, 0.29) is 18.0 Å². The van der Waals surface area contributed by atoms with Gasteiger partial charge in [0.05, 0.1) is 20.8 Å². The van der Waals surface area contributed by atoms with Crippen molar-refractivity contribution in [2.75, 3.05) is 5.32 Å². The molecule has 1 amide bonds. The van der Waals surface area contributed by atoms with E-state index in [0.717, 1.165) is 15.8 Å². The number of benzene rings is 2. The summed E-state index contributed by atoms with van der Waals surface area (Å²) in [6.07, 6.45) is 0.129. The van der Waals surface area contributed by atoms with E-state index < -0.39 is 10.8 Å². The van der Waals surface area contributed by atoms with Gasteiger partial charge in [0.15, 0.2) is 0 Å². The summed E-state index contributed by atoms with van der Waals surface area (Å²) in [5, 5.41) is 19.7. The van der Waals surface area contributed by atoms with Gasteiger partial charge in [-0.2, -0.15) is 9.78 Å². The number of carbonyl (C=O) groups excluding carboxylic acids is 1. The first-order chi connectivity index (χ1) is 14.0. The Kier molecular flexibility index (Phi) is 3.92. The number of fused-ring (bicyclic) bond motifs is 2. The molecular weight excluding hydrogens is 390 g/mol. The van der Waals surface area contributed by atoms with Crippen LogP contribution in [-0.2, 0) is 4.79 Å². The van der Waals surface area contributed by atoms with Crippen LogP contribution in [0.1, 0.15) is 29.2 Å². The lowest BCUT2D eigenvalue weighted by Gasteiger charge is -2.23. The van der Waals surface area contributed by atoms with E-state index in [1.165, 1.54) is 17.4 Å². The van der Waals surface area contributed by atoms with Crippen molar-refractivity contribution in [2.24, 2.45) is 0 Å². The Morgan fingerprint density at radius 3 is 2.76 bits per heavy atom. The Morgan fingerprint density at radius 2 is 1.97 bits per heavy atom. The minimum absolute atomic E-state index is 0.00490. The highest BCUT2D eigenvalue weighted by Gasteiger charge is 2.36. The van der Waals surface area contributed by atoms with Gasteiger partial charge in [0.2, 0.25) is 11.0 Å². The van der Waals surface area contributed by atoms with Crippen molar-refractivity contribution in [1.82, 2.24) is 14.8 Å². The average molecular weight is 405 g/mol. The average Bonchev–Trinajstić information content (AvgIpc) is 3.28. The van der Waals surface area contributed by atoms with Gasteiger partial charge in [-0.05, 0) is 19.1 Å². The molecule has 5 rings (SSSR count). The van der Waals surface area contributed by atoms with Gasteiger partial charge in [0.25, 0.3) is 5.69 Å². The van der Waals surface area contributed by atoms with Gasteiger partial charge >= 0.3 is 0 Å². The van der Waals surface area contributed by atoms with E-state index >= 15 is 0 Å². The predicted molar refractivity (Wildman–Crippen MR) is 110 cm³/mol. The Bertz CT molecular complexity index is 1260. The van der Waals surface area contributed by atoms with Crippen LogP contribution in [0, 0.1) is 17.0 Å². The van der Waals surface area contributed by atoms with Crippen molar-refractivity contribution in [3.05, 3.63) is 75.5 Å². The van der Waals surface area contributed by atoms with E-state index in [2.05, 4.69) is 15.4 Å². The number of nitrogens with zero attached hydrogens (tertiary/aromatic N) is 4. The molecule has 2 aromatic carbocycles. The molecule has 1 atom stereocenters. The van der Waals surface area contributed by atoms with Crippen LogP contribution in [0.15, 0.2) is 48.5 Å². The predicted octanol–water partition coefficient (Wildman–Crippen LogP) is 4.17. The first-order valence-corrected chi connectivity index (χ1v) is 9.83. The van der Waals surface area contributed by atoms with Crippen LogP contribution >= 0.6 is 11.3 Å². The van der Waals surface area contributed by atoms with Crippen molar-refractivity contribution in [3.8, 4) is 5.13 Å². The Labute approximate surface area is 169 Å². The van der Waals surface area contributed by atoms with Crippen LogP contribution in [-0.4, -0.2) is 25.6 Å². The third kappa shape index (κ3) is 2.78. The number of hydrogen-bond donors (Lipinski definition) is 1. The van der Waals surface area contributed by atoms with Gasteiger partial charge in [-0.15, -0.1) is 0 Å². The second-order valence-corrected chi connectivity index (χ2v) is 7.85. The Morgan fingerprint density at radius 1 is 1.21 bits per heavy atom. The molecule has 0 saturated carbocycles. The number of hydrogen-bond acceptors (Lipinski definition) is 6. The molecule has 1 aliphatic rings. The van der Waals surface area contributed by atoms with Crippen LogP contribution in [0.4, 0.5) is 11.5 Å². The summed E-state index contributed by atoms with van der Waals surface area (Å²) in [7, 11) is 0. The van der Waals surface area contributed by atoms with E-state index in [9.17, 15) is 14.9 Å². The molecule has 4 aromatic rings. The fourth-order valence-corrected chi connectivity index (χ4v) is 4.77. The molecule has 0 radical (unpaired) electrons. The molecule has 144 valence electrons. The van der Waals surface area contributed by atoms with E-state index in [4.69, 9.17) is 0 Å². The lowest BCUT2D eigenvalue weighted by Crippen LogP contribution is -2.25. The normalized spacial score (nSPS) is 15.9. The fraction of sp³-hybridized carbons (Fsp3) is 0.150. The quantitative estimate of drug-likeness (QED) is 0.407. The molecule has 2 aromatic heterocycles. The summed E-state index contributed by atoms with van der Waals surface area (Å²) < 4.78 is 2.65. The zero-order valence-corrected chi connectivity index (χ0v) is 16.1. The Hall–Kier alpha value is -3.59. The van der Waals surface area contributed by atoms with Crippen LogP contribution in [0.3, 0.4) is 0 Å². The monoisotopic (exact) mass is 405 g/mol.